The number of nitrogens with two attached hydrogens (primary N) is 1. The molecule has 38 heavy (non-hydrogen) atoms. The van der Waals surface area contributed by atoms with E-state index in [9.17, 15) is 22.4 Å². The maximum atomic E-state index is 13.5. The van der Waals surface area contributed by atoms with Gasteiger partial charge in [0.2, 0.25) is 5.88 Å². The average molecular weight is 529 g/mol. The highest BCUT2D eigenvalue weighted by Crippen LogP contribution is 2.32. The van der Waals surface area contributed by atoms with Crippen molar-refractivity contribution in [2.24, 2.45) is 0 Å². The molecule has 0 bridgehead atoms. The highest BCUT2D eigenvalue weighted by atomic mass is 19.4. The third-order valence-electron chi connectivity index (χ3n) is 6.03. The molecule has 198 valence electrons. The number of nitrogens with zero attached hydrogens (tertiary/aromatic N) is 3. The van der Waals surface area contributed by atoms with Crippen molar-refractivity contribution in [3.63, 3.8) is 0 Å². The summed E-state index contributed by atoms with van der Waals surface area (Å²) < 4.78 is 59.0. The van der Waals surface area contributed by atoms with Crippen molar-refractivity contribution >= 4 is 22.9 Å². The minimum absolute atomic E-state index is 0.00159. The Morgan fingerprint density at radius 1 is 1.18 bits per heavy atom. The van der Waals surface area contributed by atoms with E-state index in [1.807, 2.05) is 13.0 Å². The van der Waals surface area contributed by atoms with Crippen LogP contribution in [-0.2, 0) is 0 Å². The topological polar surface area (TPSA) is 107 Å². The molecule has 0 radical (unpaired) electrons. The van der Waals surface area contributed by atoms with Gasteiger partial charge in [-0.25, -0.2) is 13.9 Å². The molecule has 0 unspecified atom stereocenters. The van der Waals surface area contributed by atoms with Gasteiger partial charge in [-0.15, -0.1) is 5.10 Å². The maximum Gasteiger partial charge on any atom is 0.390 e. The molecule has 2 heterocycles. The van der Waals surface area contributed by atoms with Crippen molar-refractivity contribution in [3.05, 3.63) is 65.6 Å². The van der Waals surface area contributed by atoms with Crippen molar-refractivity contribution in [2.75, 3.05) is 17.6 Å². The standard InChI is InChI=1S/C26H24F4N6O2/c1-14-10-15(2-6-18(14)25(37)34-17-4-5-17)21-13-33-24-20(32-9-8-26(28,29)30)12-23(35-36(21)24)38-22-7-3-16(27)11-19(22)31/h2-3,6-7,10-13,17,32H,4-5,8-9,31H2,1H3,(H,34,37). The van der Waals surface area contributed by atoms with E-state index in [1.165, 1.54) is 28.9 Å². The number of fused-ring (bicyclic) bond motifs is 1. The van der Waals surface area contributed by atoms with Gasteiger partial charge in [-0.1, -0.05) is 6.07 Å². The average Bonchev–Trinajstić information content (AvgIpc) is 3.55. The van der Waals surface area contributed by atoms with E-state index in [0.29, 0.717) is 16.8 Å². The first-order chi connectivity index (χ1) is 18.1. The van der Waals surface area contributed by atoms with E-state index in [-0.39, 0.29) is 40.6 Å². The molecule has 2 aromatic heterocycles. The Hall–Kier alpha value is -4.35. The predicted molar refractivity (Wildman–Crippen MR) is 134 cm³/mol. The summed E-state index contributed by atoms with van der Waals surface area (Å²) in [6.45, 7) is 1.42. The van der Waals surface area contributed by atoms with Crippen LogP contribution in [-0.4, -0.2) is 39.3 Å². The first-order valence-corrected chi connectivity index (χ1v) is 11.9. The number of hydrogen-bond acceptors (Lipinski definition) is 6. The number of amides is 1. The van der Waals surface area contributed by atoms with E-state index < -0.39 is 25.0 Å². The Bertz CT molecular complexity index is 1510. The second-order valence-electron chi connectivity index (χ2n) is 9.13. The van der Waals surface area contributed by atoms with Gasteiger partial charge in [0, 0.05) is 35.8 Å². The third kappa shape index (κ3) is 5.63. The molecule has 1 amide bonds. The van der Waals surface area contributed by atoms with Gasteiger partial charge < -0.3 is 21.1 Å². The fourth-order valence-corrected chi connectivity index (χ4v) is 3.96. The zero-order valence-corrected chi connectivity index (χ0v) is 20.3. The summed E-state index contributed by atoms with van der Waals surface area (Å²) in [6, 6.07) is 10.5. The lowest BCUT2D eigenvalue weighted by Gasteiger charge is -2.14. The summed E-state index contributed by atoms with van der Waals surface area (Å²) in [5, 5.41) is 10.2. The van der Waals surface area contributed by atoms with Crippen LogP contribution in [0.4, 0.5) is 28.9 Å². The van der Waals surface area contributed by atoms with Crippen LogP contribution >= 0.6 is 0 Å². The van der Waals surface area contributed by atoms with E-state index in [2.05, 4.69) is 20.7 Å². The molecule has 1 aliphatic carbocycles. The number of carbonyl (C=O) groups excluding carboxylic acids is 1. The molecule has 8 nitrogen and oxygen atoms in total. The second kappa shape index (κ2) is 9.84. The van der Waals surface area contributed by atoms with Gasteiger partial charge in [-0.3, -0.25) is 4.79 Å². The Kier molecular flexibility index (Phi) is 6.55. The van der Waals surface area contributed by atoms with E-state index in [1.54, 1.807) is 12.1 Å². The molecular weight excluding hydrogens is 504 g/mol. The van der Waals surface area contributed by atoms with Crippen molar-refractivity contribution in [3.8, 4) is 22.9 Å². The first-order valence-electron chi connectivity index (χ1n) is 11.9. The zero-order valence-electron chi connectivity index (χ0n) is 20.3. The zero-order chi connectivity index (χ0) is 27.0. The highest BCUT2D eigenvalue weighted by molar-refractivity contribution is 5.96. The number of aryl methyl sites for hydroxylation is 1. The molecule has 12 heteroatoms. The molecule has 1 fully saturated rings. The van der Waals surface area contributed by atoms with Crippen LogP contribution in [0.25, 0.3) is 16.9 Å². The number of carbonyl (C=O) groups is 1. The number of nitrogens with one attached hydrogen (secondary N) is 2. The Balaban J connectivity index is 1.52. The normalized spacial score (nSPS) is 13.5. The lowest BCUT2D eigenvalue weighted by molar-refractivity contribution is -0.131. The molecule has 1 aliphatic rings. The molecule has 0 atom stereocenters. The smallest absolute Gasteiger partial charge is 0.390 e. The number of ether oxygens (including phenoxy) is 1. The summed E-state index contributed by atoms with van der Waals surface area (Å²) in [5.41, 5.74) is 8.90. The van der Waals surface area contributed by atoms with Gasteiger partial charge in [-0.2, -0.15) is 13.2 Å². The fourth-order valence-electron chi connectivity index (χ4n) is 3.96. The summed E-state index contributed by atoms with van der Waals surface area (Å²) in [4.78, 5) is 16.9. The molecule has 4 aromatic rings. The third-order valence-corrected chi connectivity index (χ3v) is 6.03. The van der Waals surface area contributed by atoms with Crippen LogP contribution in [0.1, 0.15) is 35.2 Å². The maximum absolute atomic E-state index is 13.5. The largest absolute Gasteiger partial charge is 0.435 e. The quantitative estimate of drug-likeness (QED) is 0.207. The Morgan fingerprint density at radius 3 is 2.66 bits per heavy atom. The summed E-state index contributed by atoms with van der Waals surface area (Å²) >= 11 is 0. The number of anilines is 2. The van der Waals surface area contributed by atoms with Gasteiger partial charge in [0.1, 0.15) is 5.82 Å². The van der Waals surface area contributed by atoms with Crippen molar-refractivity contribution < 1.29 is 27.1 Å². The minimum atomic E-state index is -4.34. The van der Waals surface area contributed by atoms with Crippen LogP contribution in [0, 0.1) is 12.7 Å². The summed E-state index contributed by atoms with van der Waals surface area (Å²) in [7, 11) is 0. The van der Waals surface area contributed by atoms with Crippen LogP contribution in [0.2, 0.25) is 0 Å². The van der Waals surface area contributed by atoms with E-state index >= 15 is 0 Å². The number of halogens is 4. The van der Waals surface area contributed by atoms with Gasteiger partial charge in [0.15, 0.2) is 11.4 Å². The SMILES string of the molecule is Cc1cc(-c2cnc3c(NCCC(F)(F)F)cc(Oc4ccc(F)cc4N)nn23)ccc1C(=O)NC1CC1. The van der Waals surface area contributed by atoms with Crippen molar-refractivity contribution in [2.45, 2.75) is 38.4 Å². The number of aromatic nitrogens is 3. The molecule has 0 aliphatic heterocycles. The predicted octanol–water partition coefficient (Wildman–Crippen LogP) is 5.47. The molecule has 4 N–H and O–H groups in total. The number of hydrogen-bond donors (Lipinski definition) is 3. The minimum Gasteiger partial charge on any atom is -0.435 e. The lowest BCUT2D eigenvalue weighted by Crippen LogP contribution is -2.26. The summed E-state index contributed by atoms with van der Waals surface area (Å²) in [6.07, 6.45) is -1.91. The number of alkyl halides is 3. The molecular formula is C26H24F4N6O2. The van der Waals surface area contributed by atoms with Gasteiger partial charge in [0.05, 0.1) is 29.7 Å². The molecule has 2 aromatic carbocycles. The van der Waals surface area contributed by atoms with Crippen LogP contribution in [0.5, 0.6) is 11.6 Å². The van der Waals surface area contributed by atoms with Crippen LogP contribution in [0.15, 0.2) is 48.7 Å². The summed E-state index contributed by atoms with van der Waals surface area (Å²) in [5.74, 6) is -0.560. The van der Waals surface area contributed by atoms with Gasteiger partial charge in [0.25, 0.3) is 5.91 Å². The molecule has 0 saturated heterocycles. The fraction of sp³-hybridized carbons (Fsp3) is 0.269. The molecule has 0 spiro atoms. The lowest BCUT2D eigenvalue weighted by atomic mass is 10.0. The number of benzene rings is 2. The van der Waals surface area contributed by atoms with Crippen molar-refractivity contribution in [1.82, 2.24) is 19.9 Å². The monoisotopic (exact) mass is 528 g/mol. The number of nitrogen functional groups attached to an aromatic ring is 1. The second-order valence-corrected chi connectivity index (χ2v) is 9.13. The molecule has 5 rings (SSSR count). The molecule has 1 saturated carbocycles. The van der Waals surface area contributed by atoms with Crippen molar-refractivity contribution in [1.29, 1.82) is 0 Å². The highest BCUT2D eigenvalue weighted by Gasteiger charge is 2.27. The van der Waals surface area contributed by atoms with Crippen LogP contribution in [0.3, 0.4) is 0 Å². The number of rotatable bonds is 8. The van der Waals surface area contributed by atoms with Crippen LogP contribution < -0.4 is 21.1 Å². The first kappa shape index (κ1) is 25.3. The number of imidazole rings is 1. The van der Waals surface area contributed by atoms with Gasteiger partial charge in [-0.05, 0) is 49.6 Å². The van der Waals surface area contributed by atoms with E-state index in [0.717, 1.165) is 24.5 Å². The van der Waals surface area contributed by atoms with Gasteiger partial charge >= 0.3 is 6.18 Å². The Morgan fingerprint density at radius 2 is 1.97 bits per heavy atom. The van der Waals surface area contributed by atoms with E-state index in [4.69, 9.17) is 10.5 Å². The Labute approximate surface area is 214 Å².